The van der Waals surface area contributed by atoms with Crippen molar-refractivity contribution in [1.82, 2.24) is 5.32 Å². The van der Waals surface area contributed by atoms with Gasteiger partial charge in [-0.3, -0.25) is 4.79 Å². The Kier molecular flexibility index (Phi) is 4.09. The number of carbonyl (C=O) groups is 1. The van der Waals surface area contributed by atoms with Crippen LogP contribution in [0.4, 0.5) is 5.69 Å². The monoisotopic (exact) mass is 308 g/mol. The van der Waals surface area contributed by atoms with Crippen LogP contribution >= 0.6 is 11.6 Å². The second-order valence-corrected chi connectivity index (χ2v) is 6.44. The highest BCUT2D eigenvalue weighted by atomic mass is 35.5. The zero-order valence-electron chi connectivity index (χ0n) is 12.4. The van der Waals surface area contributed by atoms with Gasteiger partial charge in [0.2, 0.25) is 5.91 Å². The van der Waals surface area contributed by atoms with Crippen LogP contribution in [0.5, 0.6) is 5.75 Å². The number of hydrogen-bond donors (Lipinski definition) is 2. The number of hydrogen-bond acceptors (Lipinski definition) is 3. The van der Waals surface area contributed by atoms with Gasteiger partial charge in [-0.2, -0.15) is 0 Å². The summed E-state index contributed by atoms with van der Waals surface area (Å²) in [6, 6.07) is 3.52. The normalized spacial score (nSPS) is 27.5. The lowest BCUT2D eigenvalue weighted by Crippen LogP contribution is -2.39. The molecule has 1 heterocycles. The summed E-state index contributed by atoms with van der Waals surface area (Å²) >= 11 is 6.10. The minimum atomic E-state index is -0.0850. The van der Waals surface area contributed by atoms with E-state index in [4.69, 9.17) is 16.3 Å². The molecule has 0 aromatic heterocycles. The Balaban J connectivity index is 1.77. The summed E-state index contributed by atoms with van der Waals surface area (Å²) in [5.41, 5.74) is 1.61. The summed E-state index contributed by atoms with van der Waals surface area (Å²) in [4.78, 5) is 12.6. The lowest BCUT2D eigenvalue weighted by Gasteiger charge is -2.19. The smallest absolute Gasteiger partial charge is 0.241 e. The largest absolute Gasteiger partial charge is 0.495 e. The minimum Gasteiger partial charge on any atom is -0.495 e. The third kappa shape index (κ3) is 2.74. The highest BCUT2D eigenvalue weighted by Gasteiger charge is 2.42. The molecule has 1 amide bonds. The molecule has 114 valence electrons. The van der Waals surface area contributed by atoms with Crippen molar-refractivity contribution in [3.05, 3.63) is 22.7 Å². The number of benzene rings is 1. The third-order valence-corrected chi connectivity index (χ3v) is 5.17. The lowest BCUT2D eigenvalue weighted by molar-refractivity contribution is -0.118. The van der Waals surface area contributed by atoms with Crippen LogP contribution in [0.2, 0.25) is 5.02 Å². The van der Waals surface area contributed by atoms with Gasteiger partial charge in [-0.15, -0.1) is 0 Å². The molecule has 0 radical (unpaired) electrons. The fraction of sp³-hybridized carbons (Fsp3) is 0.562. The fourth-order valence-electron chi connectivity index (χ4n) is 3.61. The first-order chi connectivity index (χ1) is 10.1. The van der Waals surface area contributed by atoms with Crippen molar-refractivity contribution in [3.63, 3.8) is 0 Å². The van der Waals surface area contributed by atoms with E-state index < -0.39 is 0 Å². The van der Waals surface area contributed by atoms with E-state index in [0.717, 1.165) is 18.5 Å². The quantitative estimate of drug-likeness (QED) is 0.902. The van der Waals surface area contributed by atoms with Crippen LogP contribution in [0.1, 0.15) is 24.8 Å². The predicted octanol–water partition coefficient (Wildman–Crippen LogP) is 2.98. The van der Waals surface area contributed by atoms with Crippen molar-refractivity contribution in [2.75, 3.05) is 19.0 Å². The van der Waals surface area contributed by atoms with Gasteiger partial charge >= 0.3 is 0 Å². The first-order valence-corrected chi connectivity index (χ1v) is 7.86. The maximum Gasteiger partial charge on any atom is 0.241 e. The average Bonchev–Trinajstić information content (AvgIpc) is 3.04. The van der Waals surface area contributed by atoms with Crippen molar-refractivity contribution in [1.29, 1.82) is 0 Å². The molecule has 4 nitrogen and oxygen atoms in total. The standard InChI is InChI=1S/C16H21ClN2O2/c1-9-6-13(14(21-2)7-12(9)17)19-16(20)15-11-5-3-4-10(11)8-18-15/h6-7,10-11,15,18H,3-5,8H2,1-2H3,(H,19,20). The summed E-state index contributed by atoms with van der Waals surface area (Å²) in [6.45, 7) is 2.87. The second kappa shape index (κ2) is 5.85. The molecule has 2 aliphatic rings. The molecule has 0 bridgehead atoms. The Morgan fingerprint density at radius 1 is 1.43 bits per heavy atom. The number of methoxy groups -OCH3 is 1. The number of anilines is 1. The molecule has 0 spiro atoms. The van der Waals surface area contributed by atoms with Gasteiger partial charge in [0, 0.05) is 11.1 Å². The maximum atomic E-state index is 12.6. The van der Waals surface area contributed by atoms with Crippen LogP contribution in [0, 0.1) is 18.8 Å². The van der Waals surface area contributed by atoms with Crippen molar-refractivity contribution < 1.29 is 9.53 Å². The van der Waals surface area contributed by atoms with Crippen LogP contribution in [0.25, 0.3) is 0 Å². The number of ether oxygens (including phenoxy) is 1. The molecule has 1 saturated carbocycles. The van der Waals surface area contributed by atoms with E-state index in [2.05, 4.69) is 10.6 Å². The molecule has 5 heteroatoms. The van der Waals surface area contributed by atoms with Crippen LogP contribution in [-0.2, 0) is 4.79 Å². The van der Waals surface area contributed by atoms with E-state index in [1.807, 2.05) is 13.0 Å². The Morgan fingerprint density at radius 2 is 2.24 bits per heavy atom. The number of halogens is 1. The molecule has 2 N–H and O–H groups in total. The lowest BCUT2D eigenvalue weighted by atomic mass is 9.93. The highest BCUT2D eigenvalue weighted by molar-refractivity contribution is 6.31. The van der Waals surface area contributed by atoms with Gasteiger partial charge in [0.05, 0.1) is 18.8 Å². The number of nitrogens with one attached hydrogen (secondary N) is 2. The summed E-state index contributed by atoms with van der Waals surface area (Å²) in [5, 5.41) is 7.00. The third-order valence-electron chi connectivity index (χ3n) is 4.77. The first-order valence-electron chi connectivity index (χ1n) is 7.48. The van der Waals surface area contributed by atoms with E-state index in [9.17, 15) is 4.79 Å². The minimum absolute atomic E-state index is 0.0319. The van der Waals surface area contributed by atoms with Crippen molar-refractivity contribution in [2.45, 2.75) is 32.2 Å². The van der Waals surface area contributed by atoms with Gasteiger partial charge < -0.3 is 15.4 Å². The molecule has 1 aromatic rings. The molecule has 2 fully saturated rings. The van der Waals surface area contributed by atoms with E-state index >= 15 is 0 Å². The fourth-order valence-corrected chi connectivity index (χ4v) is 3.77. The summed E-state index contributed by atoms with van der Waals surface area (Å²) < 4.78 is 5.31. The van der Waals surface area contributed by atoms with E-state index in [0.29, 0.717) is 28.3 Å². The van der Waals surface area contributed by atoms with Crippen molar-refractivity contribution >= 4 is 23.2 Å². The van der Waals surface area contributed by atoms with Gasteiger partial charge in [0.25, 0.3) is 0 Å². The van der Waals surface area contributed by atoms with E-state index in [-0.39, 0.29) is 11.9 Å². The number of amides is 1. The van der Waals surface area contributed by atoms with E-state index in [1.54, 1.807) is 13.2 Å². The molecule has 1 aromatic carbocycles. The number of rotatable bonds is 3. The number of carbonyl (C=O) groups excluding carboxylic acids is 1. The Labute approximate surface area is 130 Å². The molecule has 3 unspecified atom stereocenters. The number of aryl methyl sites for hydroxylation is 1. The highest BCUT2D eigenvalue weighted by Crippen LogP contribution is 2.38. The maximum absolute atomic E-state index is 12.6. The predicted molar refractivity (Wildman–Crippen MR) is 84.0 cm³/mol. The van der Waals surface area contributed by atoms with Gasteiger partial charge in [-0.25, -0.2) is 0 Å². The number of fused-ring (bicyclic) bond motifs is 1. The molecule has 3 atom stereocenters. The van der Waals surface area contributed by atoms with Crippen LogP contribution in [-0.4, -0.2) is 25.6 Å². The van der Waals surface area contributed by atoms with Gasteiger partial charge in [0.15, 0.2) is 0 Å². The Morgan fingerprint density at radius 3 is 3.00 bits per heavy atom. The topological polar surface area (TPSA) is 50.4 Å². The van der Waals surface area contributed by atoms with Crippen molar-refractivity contribution in [3.8, 4) is 5.75 Å². The van der Waals surface area contributed by atoms with Crippen LogP contribution < -0.4 is 15.4 Å². The second-order valence-electron chi connectivity index (χ2n) is 6.03. The SMILES string of the molecule is COc1cc(Cl)c(C)cc1NC(=O)C1NCC2CCCC21. The zero-order valence-corrected chi connectivity index (χ0v) is 13.2. The molecule has 1 saturated heterocycles. The molecular weight excluding hydrogens is 288 g/mol. The van der Waals surface area contributed by atoms with Crippen LogP contribution in [0.3, 0.4) is 0 Å². The zero-order chi connectivity index (χ0) is 15.0. The summed E-state index contributed by atoms with van der Waals surface area (Å²) in [7, 11) is 1.58. The summed E-state index contributed by atoms with van der Waals surface area (Å²) in [6.07, 6.45) is 3.63. The Hall–Kier alpha value is -1.26. The summed E-state index contributed by atoms with van der Waals surface area (Å²) in [5.74, 6) is 1.77. The molecule has 1 aliphatic carbocycles. The molecule has 1 aliphatic heterocycles. The van der Waals surface area contributed by atoms with Gasteiger partial charge in [-0.05, 0) is 49.8 Å². The molecule has 3 rings (SSSR count). The van der Waals surface area contributed by atoms with E-state index in [1.165, 1.54) is 12.8 Å². The van der Waals surface area contributed by atoms with Crippen molar-refractivity contribution in [2.24, 2.45) is 11.8 Å². The van der Waals surface area contributed by atoms with Gasteiger partial charge in [-0.1, -0.05) is 18.0 Å². The molecule has 21 heavy (non-hydrogen) atoms. The van der Waals surface area contributed by atoms with Gasteiger partial charge in [0.1, 0.15) is 5.75 Å². The average molecular weight is 309 g/mol. The first kappa shape index (κ1) is 14.7. The molecular formula is C16H21ClN2O2. The van der Waals surface area contributed by atoms with Crippen LogP contribution in [0.15, 0.2) is 12.1 Å². The Bertz CT molecular complexity index is 561.